The number of carbonyl (C=O) groups excluding carboxylic acids is 1. The quantitative estimate of drug-likeness (QED) is 0.889. The molecule has 108 valence electrons. The lowest BCUT2D eigenvalue weighted by atomic mass is 9.93. The molecule has 2 aliphatic rings. The molecule has 4 nitrogen and oxygen atoms in total. The van der Waals surface area contributed by atoms with Gasteiger partial charge in [0.1, 0.15) is 6.04 Å². The topological polar surface area (TPSA) is 41.6 Å². The molecular formula is C16H22N2O2. The molecule has 0 radical (unpaired) electrons. The van der Waals surface area contributed by atoms with Crippen LogP contribution in [0, 0.1) is 0 Å². The number of rotatable bonds is 2. The van der Waals surface area contributed by atoms with Crippen molar-refractivity contribution in [3.63, 3.8) is 0 Å². The van der Waals surface area contributed by atoms with Crippen molar-refractivity contribution in [2.45, 2.75) is 38.0 Å². The largest absolute Gasteiger partial charge is 0.376 e. The summed E-state index contributed by atoms with van der Waals surface area (Å²) in [6, 6.07) is 8.22. The lowest BCUT2D eigenvalue weighted by Crippen LogP contribution is -2.48. The molecule has 1 fully saturated rings. The molecule has 20 heavy (non-hydrogen) atoms. The minimum absolute atomic E-state index is 0.128. The zero-order valence-electron chi connectivity index (χ0n) is 12.1. The van der Waals surface area contributed by atoms with Crippen LogP contribution < -0.4 is 5.32 Å². The third-order valence-corrected chi connectivity index (χ3v) is 4.54. The fourth-order valence-corrected chi connectivity index (χ4v) is 3.32. The van der Waals surface area contributed by atoms with E-state index in [1.54, 1.807) is 0 Å². The maximum atomic E-state index is 12.8. The van der Waals surface area contributed by atoms with Gasteiger partial charge in [-0.25, -0.2) is 0 Å². The van der Waals surface area contributed by atoms with Gasteiger partial charge in [0.05, 0.1) is 12.1 Å². The molecule has 1 saturated heterocycles. The predicted octanol–water partition coefficient (Wildman–Crippen LogP) is 1.51. The molecule has 0 spiro atoms. The first kappa shape index (κ1) is 13.6. The Morgan fingerprint density at radius 1 is 1.40 bits per heavy atom. The van der Waals surface area contributed by atoms with Gasteiger partial charge in [0.15, 0.2) is 0 Å². The first-order valence-electron chi connectivity index (χ1n) is 7.38. The van der Waals surface area contributed by atoms with Gasteiger partial charge in [-0.2, -0.15) is 0 Å². The van der Waals surface area contributed by atoms with Crippen LogP contribution in [-0.4, -0.2) is 43.2 Å². The van der Waals surface area contributed by atoms with Crippen molar-refractivity contribution in [3.8, 4) is 0 Å². The van der Waals surface area contributed by atoms with Gasteiger partial charge in [-0.05, 0) is 30.9 Å². The maximum Gasteiger partial charge on any atom is 0.244 e. The average molecular weight is 274 g/mol. The van der Waals surface area contributed by atoms with E-state index in [4.69, 9.17) is 4.74 Å². The molecule has 1 aromatic carbocycles. The van der Waals surface area contributed by atoms with Crippen molar-refractivity contribution in [2.24, 2.45) is 0 Å². The predicted molar refractivity (Wildman–Crippen MR) is 77.5 cm³/mol. The van der Waals surface area contributed by atoms with E-state index in [0.717, 1.165) is 31.6 Å². The van der Waals surface area contributed by atoms with E-state index in [1.165, 1.54) is 5.56 Å². The van der Waals surface area contributed by atoms with E-state index in [-0.39, 0.29) is 24.1 Å². The summed E-state index contributed by atoms with van der Waals surface area (Å²) in [5, 5.41) is 3.36. The molecule has 0 saturated carbocycles. The normalized spacial score (nSPS) is 29.0. The van der Waals surface area contributed by atoms with E-state index < -0.39 is 0 Å². The molecule has 2 aliphatic heterocycles. The number of nitrogens with zero attached hydrogens (tertiary/aromatic N) is 1. The second kappa shape index (κ2) is 5.54. The number of likely N-dealkylation sites (N-methyl/N-ethyl adjacent to an activating group) is 1. The number of ether oxygens (including phenoxy) is 1. The highest BCUT2D eigenvalue weighted by Crippen LogP contribution is 2.27. The van der Waals surface area contributed by atoms with Crippen molar-refractivity contribution < 1.29 is 9.53 Å². The number of hydrogen-bond donors (Lipinski definition) is 1. The van der Waals surface area contributed by atoms with Gasteiger partial charge >= 0.3 is 0 Å². The van der Waals surface area contributed by atoms with Crippen LogP contribution in [0.4, 0.5) is 0 Å². The van der Waals surface area contributed by atoms with Gasteiger partial charge in [-0.3, -0.25) is 4.79 Å². The summed E-state index contributed by atoms with van der Waals surface area (Å²) < 4.78 is 5.58. The third-order valence-electron chi connectivity index (χ3n) is 4.54. The Labute approximate surface area is 120 Å². The molecule has 0 aliphatic carbocycles. The van der Waals surface area contributed by atoms with Gasteiger partial charge in [0, 0.05) is 20.2 Å². The molecule has 0 aromatic heterocycles. The first-order chi connectivity index (χ1) is 9.68. The number of nitrogens with one attached hydrogen (secondary N) is 1. The second-order valence-corrected chi connectivity index (χ2v) is 5.72. The Morgan fingerprint density at radius 3 is 2.95 bits per heavy atom. The van der Waals surface area contributed by atoms with E-state index in [2.05, 4.69) is 17.4 Å². The third kappa shape index (κ3) is 2.34. The van der Waals surface area contributed by atoms with E-state index >= 15 is 0 Å². The Kier molecular flexibility index (Phi) is 3.76. The maximum absolute atomic E-state index is 12.8. The van der Waals surface area contributed by atoms with Crippen molar-refractivity contribution in [1.82, 2.24) is 10.2 Å². The summed E-state index contributed by atoms with van der Waals surface area (Å²) in [5.74, 6) is 0.152. The van der Waals surface area contributed by atoms with Gasteiger partial charge in [0.2, 0.25) is 5.91 Å². The van der Waals surface area contributed by atoms with Gasteiger partial charge < -0.3 is 15.0 Å². The molecule has 4 heteroatoms. The van der Waals surface area contributed by atoms with Crippen molar-refractivity contribution in [1.29, 1.82) is 0 Å². The number of fused-ring (bicyclic) bond motifs is 1. The summed E-state index contributed by atoms with van der Waals surface area (Å²) in [5.41, 5.74) is 2.41. The van der Waals surface area contributed by atoms with Gasteiger partial charge in [-0.15, -0.1) is 0 Å². The SMILES string of the molecule is CC1OCCC1N(C)C(=O)C1NCCc2ccccc21. The molecule has 0 bridgehead atoms. The smallest absolute Gasteiger partial charge is 0.244 e. The zero-order valence-corrected chi connectivity index (χ0v) is 12.1. The molecule has 3 atom stereocenters. The van der Waals surface area contributed by atoms with Crippen LogP contribution in [0.15, 0.2) is 24.3 Å². The molecule has 1 aromatic rings. The highest BCUT2D eigenvalue weighted by Gasteiger charge is 2.35. The van der Waals surface area contributed by atoms with Crippen molar-refractivity contribution >= 4 is 5.91 Å². The monoisotopic (exact) mass is 274 g/mol. The number of carbonyl (C=O) groups is 1. The Bertz CT molecular complexity index is 503. The minimum Gasteiger partial charge on any atom is -0.376 e. The summed E-state index contributed by atoms with van der Waals surface area (Å²) in [6.07, 6.45) is 2.05. The fourth-order valence-electron chi connectivity index (χ4n) is 3.32. The lowest BCUT2D eigenvalue weighted by molar-refractivity contribution is -0.135. The van der Waals surface area contributed by atoms with Crippen LogP contribution in [-0.2, 0) is 16.0 Å². The number of benzene rings is 1. The summed E-state index contributed by atoms with van der Waals surface area (Å²) in [6.45, 7) is 3.65. The Balaban J connectivity index is 1.81. The van der Waals surface area contributed by atoms with E-state index in [0.29, 0.717) is 0 Å². The van der Waals surface area contributed by atoms with Crippen molar-refractivity contribution in [3.05, 3.63) is 35.4 Å². The van der Waals surface area contributed by atoms with E-state index in [1.807, 2.05) is 31.0 Å². The van der Waals surface area contributed by atoms with Crippen LogP contribution in [0.25, 0.3) is 0 Å². The molecule has 1 amide bonds. The first-order valence-corrected chi connectivity index (χ1v) is 7.38. The Hall–Kier alpha value is -1.39. The van der Waals surface area contributed by atoms with E-state index in [9.17, 15) is 4.79 Å². The summed E-state index contributed by atoms with van der Waals surface area (Å²) in [4.78, 5) is 14.7. The summed E-state index contributed by atoms with van der Waals surface area (Å²) >= 11 is 0. The van der Waals surface area contributed by atoms with Crippen LogP contribution >= 0.6 is 0 Å². The fraction of sp³-hybridized carbons (Fsp3) is 0.562. The molecule has 3 rings (SSSR count). The van der Waals surface area contributed by atoms with Crippen LogP contribution in [0.1, 0.15) is 30.5 Å². The zero-order chi connectivity index (χ0) is 14.1. The molecule has 2 heterocycles. The van der Waals surface area contributed by atoms with Crippen molar-refractivity contribution in [2.75, 3.05) is 20.2 Å². The average Bonchev–Trinajstić information content (AvgIpc) is 2.91. The molecule has 1 N–H and O–H groups in total. The van der Waals surface area contributed by atoms with Gasteiger partial charge in [-0.1, -0.05) is 24.3 Å². The van der Waals surface area contributed by atoms with Gasteiger partial charge in [0.25, 0.3) is 0 Å². The van der Waals surface area contributed by atoms with Crippen LogP contribution in [0.3, 0.4) is 0 Å². The number of amides is 1. The summed E-state index contributed by atoms with van der Waals surface area (Å²) in [7, 11) is 1.90. The van der Waals surface area contributed by atoms with Crippen LogP contribution in [0.5, 0.6) is 0 Å². The second-order valence-electron chi connectivity index (χ2n) is 5.72. The Morgan fingerprint density at radius 2 is 2.20 bits per heavy atom. The molecular weight excluding hydrogens is 252 g/mol. The number of hydrogen-bond acceptors (Lipinski definition) is 3. The lowest BCUT2D eigenvalue weighted by Gasteiger charge is -2.33. The van der Waals surface area contributed by atoms with Crippen LogP contribution in [0.2, 0.25) is 0 Å². The highest BCUT2D eigenvalue weighted by atomic mass is 16.5. The molecule has 3 unspecified atom stereocenters. The highest BCUT2D eigenvalue weighted by molar-refractivity contribution is 5.84. The minimum atomic E-state index is -0.210. The standard InChI is InChI=1S/C16H22N2O2/c1-11-14(8-10-20-11)18(2)16(19)15-13-6-4-3-5-12(13)7-9-17-15/h3-6,11,14-15,17H,7-10H2,1-2H3.